The van der Waals surface area contributed by atoms with Gasteiger partial charge >= 0.3 is 0 Å². The first-order valence-corrected chi connectivity index (χ1v) is 8.34. The molecule has 0 aliphatic heterocycles. The lowest BCUT2D eigenvalue weighted by atomic mass is 9.94. The van der Waals surface area contributed by atoms with Crippen LogP contribution in [0.15, 0.2) is 24.5 Å². The van der Waals surface area contributed by atoms with Gasteiger partial charge in [-0.05, 0) is 24.5 Å². The molecule has 1 N–H and O–H groups in total. The van der Waals surface area contributed by atoms with Crippen molar-refractivity contribution in [2.24, 2.45) is 0 Å². The Morgan fingerprint density at radius 1 is 1.39 bits per heavy atom. The van der Waals surface area contributed by atoms with E-state index in [2.05, 4.69) is 10.3 Å². The molecule has 0 amide bonds. The molecule has 1 aliphatic rings. The Bertz CT molecular complexity index is 473. The van der Waals surface area contributed by atoms with E-state index in [0.29, 0.717) is 6.54 Å². The van der Waals surface area contributed by atoms with Crippen molar-refractivity contribution >= 4 is 9.84 Å². The van der Waals surface area contributed by atoms with Gasteiger partial charge < -0.3 is 5.32 Å². The van der Waals surface area contributed by atoms with E-state index in [0.717, 1.165) is 31.2 Å². The van der Waals surface area contributed by atoms with Gasteiger partial charge in [0, 0.05) is 31.2 Å². The molecule has 1 fully saturated rings. The van der Waals surface area contributed by atoms with Gasteiger partial charge in [-0.15, -0.1) is 0 Å². The van der Waals surface area contributed by atoms with Crippen LogP contribution in [0.4, 0.5) is 0 Å². The molecule has 4 nitrogen and oxygen atoms in total. The Balaban J connectivity index is 1.98. The summed E-state index contributed by atoms with van der Waals surface area (Å²) in [4.78, 5) is 4.06. The normalized spacial score (nSPS) is 24.9. The molecule has 2 atom stereocenters. The zero-order valence-corrected chi connectivity index (χ0v) is 11.5. The van der Waals surface area contributed by atoms with Gasteiger partial charge in [0.2, 0.25) is 0 Å². The minimum atomic E-state index is -2.96. The Labute approximate surface area is 109 Å². The second kappa shape index (κ2) is 5.80. The highest BCUT2D eigenvalue weighted by molar-refractivity contribution is 7.91. The lowest BCUT2D eigenvalue weighted by Gasteiger charge is -2.31. The Morgan fingerprint density at radius 2 is 2.17 bits per heavy atom. The van der Waals surface area contributed by atoms with Crippen molar-refractivity contribution in [3.8, 4) is 0 Å². The summed E-state index contributed by atoms with van der Waals surface area (Å²) in [6, 6.07) is 3.97. The molecular formula is C13H20N2O2S. The molecule has 5 heteroatoms. The molecule has 18 heavy (non-hydrogen) atoms. The first kappa shape index (κ1) is 13.5. The van der Waals surface area contributed by atoms with E-state index in [1.54, 1.807) is 6.20 Å². The second-order valence-electron chi connectivity index (χ2n) is 5.00. The molecule has 0 saturated heterocycles. The lowest BCUT2D eigenvalue weighted by molar-refractivity contribution is 0.370. The molecule has 1 aromatic rings. The van der Waals surface area contributed by atoms with Gasteiger partial charge in [-0.25, -0.2) is 8.42 Å². The number of aromatic nitrogens is 1. The standard InChI is InChI=1S/C13H20N2O2S/c1-18(16,17)13-7-3-2-6-12(13)15-10-11-5-4-8-14-9-11/h4-5,8-9,12-13,15H,2-3,6-7,10H2,1H3. The quantitative estimate of drug-likeness (QED) is 0.899. The maximum absolute atomic E-state index is 11.8. The second-order valence-corrected chi connectivity index (χ2v) is 7.27. The van der Waals surface area contributed by atoms with E-state index in [1.165, 1.54) is 6.26 Å². The maximum Gasteiger partial charge on any atom is 0.151 e. The molecule has 0 spiro atoms. The largest absolute Gasteiger partial charge is 0.309 e. The summed E-state index contributed by atoms with van der Waals surface area (Å²) < 4.78 is 23.5. The minimum absolute atomic E-state index is 0.0777. The third-order valence-electron chi connectivity index (χ3n) is 3.54. The highest BCUT2D eigenvalue weighted by atomic mass is 32.2. The summed E-state index contributed by atoms with van der Waals surface area (Å²) in [6.45, 7) is 0.685. The monoisotopic (exact) mass is 268 g/mol. The van der Waals surface area contributed by atoms with E-state index in [4.69, 9.17) is 0 Å². The summed E-state index contributed by atoms with van der Waals surface area (Å²) in [7, 11) is -2.96. The molecule has 2 unspecified atom stereocenters. The van der Waals surface area contributed by atoms with E-state index in [-0.39, 0.29) is 11.3 Å². The minimum Gasteiger partial charge on any atom is -0.309 e. The average molecular weight is 268 g/mol. The molecule has 2 rings (SSSR count). The first-order chi connectivity index (χ1) is 8.57. The third kappa shape index (κ3) is 3.53. The van der Waals surface area contributed by atoms with Crippen molar-refractivity contribution in [2.45, 2.75) is 43.5 Å². The van der Waals surface area contributed by atoms with Crippen LogP contribution in [0.1, 0.15) is 31.2 Å². The van der Waals surface area contributed by atoms with Crippen molar-refractivity contribution in [1.29, 1.82) is 0 Å². The smallest absolute Gasteiger partial charge is 0.151 e. The summed E-state index contributed by atoms with van der Waals surface area (Å²) in [5.41, 5.74) is 1.09. The van der Waals surface area contributed by atoms with Crippen molar-refractivity contribution in [1.82, 2.24) is 10.3 Å². The molecule has 1 aliphatic carbocycles. The number of sulfone groups is 1. The Kier molecular flexibility index (Phi) is 4.35. The zero-order valence-electron chi connectivity index (χ0n) is 10.7. The third-order valence-corrected chi connectivity index (χ3v) is 5.21. The summed E-state index contributed by atoms with van der Waals surface area (Å²) in [5, 5.41) is 3.14. The number of nitrogens with one attached hydrogen (secondary N) is 1. The molecule has 100 valence electrons. The highest BCUT2D eigenvalue weighted by Crippen LogP contribution is 2.24. The number of nitrogens with zero attached hydrogens (tertiary/aromatic N) is 1. The highest BCUT2D eigenvalue weighted by Gasteiger charge is 2.32. The van der Waals surface area contributed by atoms with Gasteiger partial charge in [0.15, 0.2) is 9.84 Å². The van der Waals surface area contributed by atoms with Crippen molar-refractivity contribution in [3.05, 3.63) is 30.1 Å². The first-order valence-electron chi connectivity index (χ1n) is 6.38. The number of pyridine rings is 1. The maximum atomic E-state index is 11.8. The van der Waals surface area contributed by atoms with Crippen molar-refractivity contribution in [2.75, 3.05) is 6.26 Å². The van der Waals surface area contributed by atoms with Crippen LogP contribution >= 0.6 is 0 Å². The van der Waals surface area contributed by atoms with Crippen LogP contribution in [-0.4, -0.2) is 30.9 Å². The molecule has 1 saturated carbocycles. The van der Waals surface area contributed by atoms with Crippen LogP contribution in [0.5, 0.6) is 0 Å². The van der Waals surface area contributed by atoms with Crippen LogP contribution in [0.2, 0.25) is 0 Å². The summed E-state index contributed by atoms with van der Waals surface area (Å²) >= 11 is 0. The fourth-order valence-corrected chi connectivity index (χ4v) is 4.02. The number of hydrogen-bond acceptors (Lipinski definition) is 4. The molecule has 1 heterocycles. The summed E-state index contributed by atoms with van der Waals surface area (Å²) in [5.74, 6) is 0. The van der Waals surface area contributed by atoms with Gasteiger partial charge in [-0.3, -0.25) is 4.98 Å². The van der Waals surface area contributed by atoms with E-state index in [9.17, 15) is 8.42 Å². The van der Waals surface area contributed by atoms with Gasteiger partial charge in [0.1, 0.15) is 0 Å². The number of rotatable bonds is 4. The van der Waals surface area contributed by atoms with Crippen LogP contribution in [0.25, 0.3) is 0 Å². The van der Waals surface area contributed by atoms with E-state index in [1.807, 2.05) is 18.3 Å². The summed E-state index contributed by atoms with van der Waals surface area (Å²) in [6.07, 6.45) is 8.75. The molecular weight excluding hydrogens is 248 g/mol. The van der Waals surface area contributed by atoms with Crippen LogP contribution in [0, 0.1) is 0 Å². The molecule has 0 aromatic carbocycles. The Morgan fingerprint density at radius 3 is 2.83 bits per heavy atom. The van der Waals surface area contributed by atoms with Crippen molar-refractivity contribution in [3.63, 3.8) is 0 Å². The predicted molar refractivity (Wildman–Crippen MR) is 72.0 cm³/mol. The van der Waals surface area contributed by atoms with E-state index >= 15 is 0 Å². The van der Waals surface area contributed by atoms with E-state index < -0.39 is 9.84 Å². The van der Waals surface area contributed by atoms with Gasteiger partial charge in [0.25, 0.3) is 0 Å². The van der Waals surface area contributed by atoms with Crippen LogP contribution in [-0.2, 0) is 16.4 Å². The number of hydrogen-bond donors (Lipinski definition) is 1. The topological polar surface area (TPSA) is 59.1 Å². The molecule has 0 radical (unpaired) electrons. The van der Waals surface area contributed by atoms with Crippen LogP contribution in [0.3, 0.4) is 0 Å². The SMILES string of the molecule is CS(=O)(=O)C1CCCCC1NCc1cccnc1. The average Bonchev–Trinajstić information content (AvgIpc) is 2.37. The fourth-order valence-electron chi connectivity index (χ4n) is 2.59. The van der Waals surface area contributed by atoms with Crippen LogP contribution < -0.4 is 5.32 Å². The van der Waals surface area contributed by atoms with Gasteiger partial charge in [0.05, 0.1) is 5.25 Å². The molecule has 0 bridgehead atoms. The Hall–Kier alpha value is -0.940. The van der Waals surface area contributed by atoms with Crippen molar-refractivity contribution < 1.29 is 8.42 Å². The molecule has 1 aromatic heterocycles. The van der Waals surface area contributed by atoms with Gasteiger partial charge in [-0.1, -0.05) is 18.9 Å². The zero-order chi connectivity index (χ0) is 13.0. The lowest BCUT2D eigenvalue weighted by Crippen LogP contribution is -2.45. The van der Waals surface area contributed by atoms with Gasteiger partial charge in [-0.2, -0.15) is 0 Å². The fraction of sp³-hybridized carbons (Fsp3) is 0.615. The predicted octanol–water partition coefficient (Wildman–Crippen LogP) is 1.53.